The largest absolute Gasteiger partial charge is 0.423 e. The smallest absolute Gasteiger partial charge is 0.331 e. The number of fused-ring (bicyclic) bond motifs is 1. The van der Waals surface area contributed by atoms with Crippen LogP contribution in [0, 0.1) is 10.1 Å². The zero-order valence-corrected chi connectivity index (χ0v) is 16.4. The van der Waals surface area contributed by atoms with Crippen LogP contribution in [0.15, 0.2) is 42.5 Å². The Morgan fingerprint density at radius 3 is 2.53 bits per heavy atom. The molecule has 2 heterocycles. The average Bonchev–Trinajstić information content (AvgIpc) is 2.74. The second-order valence-corrected chi connectivity index (χ2v) is 7.38. The third-order valence-corrected chi connectivity index (χ3v) is 5.25. The van der Waals surface area contributed by atoms with Gasteiger partial charge in [0.1, 0.15) is 6.54 Å². The van der Waals surface area contributed by atoms with Crippen molar-refractivity contribution in [2.75, 3.05) is 41.3 Å². The second-order valence-electron chi connectivity index (χ2n) is 7.38. The Bertz CT molecular complexity index is 970. The number of amides is 1. The van der Waals surface area contributed by atoms with Crippen LogP contribution < -0.4 is 19.9 Å². The Balaban J connectivity index is 1.41. The van der Waals surface area contributed by atoms with Crippen molar-refractivity contribution < 1.29 is 19.2 Å². The molecule has 1 N–H and O–H groups in total. The number of piperidine rings is 1. The fourth-order valence-electron chi connectivity index (χ4n) is 3.78. The number of hydrogen-bond donors (Lipinski definition) is 1. The molecule has 1 fully saturated rings. The van der Waals surface area contributed by atoms with Gasteiger partial charge in [0.15, 0.2) is 5.75 Å². The van der Waals surface area contributed by atoms with E-state index >= 15 is 0 Å². The van der Waals surface area contributed by atoms with Crippen LogP contribution in [0.25, 0.3) is 0 Å². The zero-order chi connectivity index (χ0) is 21.1. The van der Waals surface area contributed by atoms with Gasteiger partial charge in [-0.25, -0.2) is 4.79 Å². The molecule has 0 aliphatic carbocycles. The summed E-state index contributed by atoms with van der Waals surface area (Å²) in [6.45, 7) is 1.92. The van der Waals surface area contributed by atoms with Crippen molar-refractivity contribution in [3.8, 4) is 5.75 Å². The Morgan fingerprint density at radius 2 is 1.83 bits per heavy atom. The molecule has 0 radical (unpaired) electrons. The molecule has 9 heteroatoms. The van der Waals surface area contributed by atoms with Crippen molar-refractivity contribution in [3.05, 3.63) is 52.6 Å². The number of nitro groups is 1. The van der Waals surface area contributed by atoms with Crippen LogP contribution in [-0.4, -0.2) is 43.0 Å². The lowest BCUT2D eigenvalue weighted by Crippen LogP contribution is -2.41. The normalized spacial score (nSPS) is 15.9. The number of carbonyl (C=O) groups is 2. The van der Waals surface area contributed by atoms with E-state index in [1.54, 1.807) is 4.90 Å². The highest BCUT2D eigenvalue weighted by Gasteiger charge is 2.27. The molecule has 0 spiro atoms. The number of nitrogens with zero attached hydrogens (tertiary/aromatic N) is 3. The molecule has 30 heavy (non-hydrogen) atoms. The summed E-state index contributed by atoms with van der Waals surface area (Å²) >= 11 is 0. The van der Waals surface area contributed by atoms with Crippen molar-refractivity contribution >= 4 is 34.6 Å². The average molecular weight is 410 g/mol. The van der Waals surface area contributed by atoms with Crippen LogP contribution in [0.2, 0.25) is 0 Å². The first-order valence-corrected chi connectivity index (χ1v) is 9.88. The Morgan fingerprint density at radius 1 is 1.10 bits per heavy atom. The number of hydrogen-bond acceptors (Lipinski definition) is 7. The molecule has 1 saturated heterocycles. The number of rotatable bonds is 5. The molecule has 0 atom stereocenters. The molecule has 4 rings (SSSR count). The third kappa shape index (κ3) is 4.35. The molecule has 0 aromatic heterocycles. The molecule has 2 aromatic rings. The molecule has 0 unspecified atom stereocenters. The Hall–Kier alpha value is -3.62. The van der Waals surface area contributed by atoms with Gasteiger partial charge in [0.05, 0.1) is 23.2 Å². The molecule has 156 valence electrons. The first kappa shape index (κ1) is 19.7. The minimum absolute atomic E-state index is 0.0756. The van der Waals surface area contributed by atoms with E-state index in [4.69, 9.17) is 4.74 Å². The van der Waals surface area contributed by atoms with E-state index in [9.17, 15) is 19.7 Å². The highest BCUT2D eigenvalue weighted by molar-refractivity contribution is 5.96. The summed E-state index contributed by atoms with van der Waals surface area (Å²) in [5.74, 6) is -0.777. The lowest BCUT2D eigenvalue weighted by Gasteiger charge is -2.29. The fraction of sp³-hybridized carbons (Fsp3) is 0.333. The predicted molar refractivity (Wildman–Crippen MR) is 112 cm³/mol. The second kappa shape index (κ2) is 8.40. The minimum Gasteiger partial charge on any atom is -0.423 e. The highest BCUT2D eigenvalue weighted by atomic mass is 16.6. The molecule has 2 aliphatic heterocycles. The Kier molecular flexibility index (Phi) is 5.51. The fourth-order valence-corrected chi connectivity index (χ4v) is 3.78. The van der Waals surface area contributed by atoms with Gasteiger partial charge in [-0.15, -0.1) is 0 Å². The van der Waals surface area contributed by atoms with Crippen LogP contribution in [0.1, 0.15) is 19.3 Å². The van der Waals surface area contributed by atoms with E-state index < -0.39 is 10.9 Å². The van der Waals surface area contributed by atoms with E-state index in [-0.39, 0.29) is 30.4 Å². The maximum Gasteiger partial charge on any atom is 0.331 e. The standard InChI is InChI=1S/C21H22N4O5/c26-20(22-15-4-6-16(7-5-15)23-10-2-1-3-11-23)13-24-14-21(27)30-19-12-17(25(28)29)8-9-18(19)24/h4-9,12H,1-3,10-11,13-14H2,(H,22,26). The lowest BCUT2D eigenvalue weighted by molar-refractivity contribution is -0.384. The van der Waals surface area contributed by atoms with Crippen molar-refractivity contribution in [2.24, 2.45) is 0 Å². The quantitative estimate of drug-likeness (QED) is 0.350. The van der Waals surface area contributed by atoms with Crippen molar-refractivity contribution in [1.82, 2.24) is 0 Å². The van der Waals surface area contributed by atoms with Gasteiger partial charge in [-0.2, -0.15) is 0 Å². The van der Waals surface area contributed by atoms with Crippen LogP contribution in [0.4, 0.5) is 22.7 Å². The van der Waals surface area contributed by atoms with E-state index in [0.29, 0.717) is 11.4 Å². The summed E-state index contributed by atoms with van der Waals surface area (Å²) in [7, 11) is 0. The molecule has 0 bridgehead atoms. The molecule has 0 saturated carbocycles. The molecular formula is C21H22N4O5. The summed E-state index contributed by atoms with van der Waals surface area (Å²) in [5, 5.41) is 13.8. The van der Waals surface area contributed by atoms with Gasteiger partial charge in [0.2, 0.25) is 5.91 Å². The van der Waals surface area contributed by atoms with E-state index in [1.165, 1.54) is 37.5 Å². The van der Waals surface area contributed by atoms with Crippen molar-refractivity contribution in [1.29, 1.82) is 0 Å². The van der Waals surface area contributed by atoms with Crippen LogP contribution >= 0.6 is 0 Å². The monoisotopic (exact) mass is 410 g/mol. The van der Waals surface area contributed by atoms with Gasteiger partial charge in [-0.05, 0) is 49.6 Å². The van der Waals surface area contributed by atoms with Crippen LogP contribution in [0.5, 0.6) is 5.75 Å². The minimum atomic E-state index is -0.568. The zero-order valence-electron chi connectivity index (χ0n) is 16.4. The molecule has 2 aromatic carbocycles. The number of nitrogens with one attached hydrogen (secondary N) is 1. The summed E-state index contributed by atoms with van der Waals surface area (Å²) in [5.41, 5.74) is 2.10. The first-order chi connectivity index (χ1) is 14.5. The van der Waals surface area contributed by atoms with Gasteiger partial charge in [0, 0.05) is 30.5 Å². The molecule has 1 amide bonds. The summed E-state index contributed by atoms with van der Waals surface area (Å²) in [6, 6.07) is 11.7. The number of carbonyl (C=O) groups excluding carboxylic acids is 2. The summed E-state index contributed by atoms with van der Waals surface area (Å²) < 4.78 is 5.10. The summed E-state index contributed by atoms with van der Waals surface area (Å²) in [6.07, 6.45) is 3.66. The third-order valence-electron chi connectivity index (χ3n) is 5.25. The van der Waals surface area contributed by atoms with Gasteiger partial charge in [-0.3, -0.25) is 14.9 Å². The van der Waals surface area contributed by atoms with Gasteiger partial charge in [-0.1, -0.05) is 0 Å². The SMILES string of the molecule is O=C(CN1CC(=O)Oc2cc([N+](=O)[O-])ccc21)Nc1ccc(N2CCCCC2)cc1. The van der Waals surface area contributed by atoms with Gasteiger partial charge in [0.25, 0.3) is 5.69 Å². The predicted octanol–water partition coefficient (Wildman–Crippen LogP) is 2.95. The number of non-ortho nitro benzene ring substituents is 1. The maximum absolute atomic E-state index is 12.5. The number of anilines is 3. The van der Waals surface area contributed by atoms with Crippen LogP contribution in [0.3, 0.4) is 0 Å². The molecular weight excluding hydrogens is 388 g/mol. The topological polar surface area (TPSA) is 105 Å². The number of esters is 1. The van der Waals surface area contributed by atoms with E-state index in [2.05, 4.69) is 10.2 Å². The van der Waals surface area contributed by atoms with E-state index in [0.717, 1.165) is 18.8 Å². The lowest BCUT2D eigenvalue weighted by atomic mass is 10.1. The maximum atomic E-state index is 12.5. The number of ether oxygens (including phenoxy) is 1. The van der Waals surface area contributed by atoms with Gasteiger partial charge < -0.3 is 19.9 Å². The van der Waals surface area contributed by atoms with Crippen molar-refractivity contribution in [3.63, 3.8) is 0 Å². The highest BCUT2D eigenvalue weighted by Crippen LogP contribution is 2.35. The molecule has 2 aliphatic rings. The number of nitro benzene ring substituents is 1. The summed E-state index contributed by atoms with van der Waals surface area (Å²) in [4.78, 5) is 38.7. The van der Waals surface area contributed by atoms with Crippen LogP contribution in [-0.2, 0) is 9.59 Å². The van der Waals surface area contributed by atoms with Crippen molar-refractivity contribution in [2.45, 2.75) is 19.3 Å². The van der Waals surface area contributed by atoms with E-state index in [1.807, 2.05) is 24.3 Å². The first-order valence-electron chi connectivity index (χ1n) is 9.88. The molecule has 9 nitrogen and oxygen atoms in total. The Labute approximate surface area is 173 Å². The number of benzene rings is 2. The van der Waals surface area contributed by atoms with Gasteiger partial charge >= 0.3 is 5.97 Å².